The monoisotopic (exact) mass is 285 g/mol. The second kappa shape index (κ2) is 5.20. The molecule has 3 nitrogen and oxygen atoms in total. The van der Waals surface area contributed by atoms with E-state index in [1.54, 1.807) is 19.2 Å². The number of benzene rings is 2. The molecule has 1 fully saturated rings. The number of halogens is 1. The molecule has 2 aromatic rings. The van der Waals surface area contributed by atoms with E-state index >= 15 is 0 Å². The molecule has 4 heteroatoms. The smallest absolute Gasteiger partial charge is 0.235 e. The number of carbonyl (C=O) groups is 1. The molecular formula is C17H16FNO2. The lowest BCUT2D eigenvalue weighted by atomic mass is 9.95. The van der Waals surface area contributed by atoms with Crippen molar-refractivity contribution >= 4 is 11.6 Å². The van der Waals surface area contributed by atoms with Crippen LogP contribution in [-0.2, 0) is 10.2 Å². The number of hydrogen-bond acceptors (Lipinski definition) is 2. The Kier molecular flexibility index (Phi) is 3.37. The molecule has 21 heavy (non-hydrogen) atoms. The first-order chi connectivity index (χ1) is 10.1. The van der Waals surface area contributed by atoms with E-state index in [1.165, 1.54) is 12.1 Å². The Morgan fingerprint density at radius 2 is 1.90 bits per heavy atom. The van der Waals surface area contributed by atoms with Gasteiger partial charge in [-0.15, -0.1) is 0 Å². The zero-order valence-corrected chi connectivity index (χ0v) is 11.7. The van der Waals surface area contributed by atoms with Gasteiger partial charge in [0.15, 0.2) is 0 Å². The van der Waals surface area contributed by atoms with Gasteiger partial charge in [-0.25, -0.2) is 4.39 Å². The molecule has 108 valence electrons. The standard InChI is InChI=1S/C17H16FNO2/c1-21-15-7-5-12(6-8-15)17(9-10-17)16(20)19-14-4-2-3-13(18)11-14/h2-8,11H,9-10H2,1H3,(H,19,20). The van der Waals surface area contributed by atoms with Crippen molar-refractivity contribution in [2.75, 3.05) is 12.4 Å². The summed E-state index contributed by atoms with van der Waals surface area (Å²) >= 11 is 0. The molecule has 2 aromatic carbocycles. The second-order valence-electron chi connectivity index (χ2n) is 5.28. The molecule has 0 heterocycles. The van der Waals surface area contributed by atoms with Crippen molar-refractivity contribution in [3.8, 4) is 5.75 Å². The Balaban J connectivity index is 1.79. The van der Waals surface area contributed by atoms with Gasteiger partial charge in [0.1, 0.15) is 11.6 Å². The number of hydrogen-bond donors (Lipinski definition) is 1. The minimum absolute atomic E-state index is 0.0849. The molecule has 0 aromatic heterocycles. The minimum atomic E-state index is -0.488. The first-order valence-electron chi connectivity index (χ1n) is 6.86. The van der Waals surface area contributed by atoms with Crippen molar-refractivity contribution in [3.63, 3.8) is 0 Å². The number of carbonyl (C=O) groups excluding carboxylic acids is 1. The highest BCUT2D eigenvalue weighted by atomic mass is 19.1. The summed E-state index contributed by atoms with van der Waals surface area (Å²) in [4.78, 5) is 12.5. The Morgan fingerprint density at radius 1 is 1.19 bits per heavy atom. The summed E-state index contributed by atoms with van der Waals surface area (Å²) in [5.41, 5.74) is 0.968. The highest BCUT2D eigenvalue weighted by molar-refractivity contribution is 6.01. The van der Waals surface area contributed by atoms with E-state index < -0.39 is 5.41 Å². The summed E-state index contributed by atoms with van der Waals surface area (Å²) in [5, 5.41) is 2.80. The maximum absolute atomic E-state index is 13.2. The lowest BCUT2D eigenvalue weighted by Crippen LogP contribution is -2.27. The van der Waals surface area contributed by atoms with Crippen LogP contribution in [0.3, 0.4) is 0 Å². The summed E-state index contributed by atoms with van der Waals surface area (Å²) in [6.45, 7) is 0. The average Bonchev–Trinajstić information content (AvgIpc) is 3.29. The predicted octanol–water partition coefficient (Wildman–Crippen LogP) is 3.50. The molecule has 1 aliphatic carbocycles. The van der Waals surface area contributed by atoms with Crippen molar-refractivity contribution in [2.24, 2.45) is 0 Å². The average molecular weight is 285 g/mol. The van der Waals surface area contributed by atoms with Crippen LogP contribution in [0.15, 0.2) is 48.5 Å². The van der Waals surface area contributed by atoms with Crippen molar-refractivity contribution in [3.05, 3.63) is 59.9 Å². The topological polar surface area (TPSA) is 38.3 Å². The third-order valence-electron chi connectivity index (χ3n) is 3.91. The molecule has 1 aliphatic rings. The lowest BCUT2D eigenvalue weighted by molar-refractivity contribution is -0.118. The summed E-state index contributed by atoms with van der Waals surface area (Å²) in [6, 6.07) is 13.5. The van der Waals surface area contributed by atoms with Crippen molar-refractivity contribution in [1.29, 1.82) is 0 Å². The molecule has 0 spiro atoms. The van der Waals surface area contributed by atoms with E-state index in [1.807, 2.05) is 24.3 Å². The maximum Gasteiger partial charge on any atom is 0.235 e. The SMILES string of the molecule is COc1ccc(C2(C(=O)Nc3cccc(F)c3)CC2)cc1. The normalized spacial score (nSPS) is 15.3. The van der Waals surface area contributed by atoms with Gasteiger partial charge in [0, 0.05) is 5.69 Å². The van der Waals surface area contributed by atoms with Gasteiger partial charge in [-0.05, 0) is 48.7 Å². The van der Waals surface area contributed by atoms with Crippen LogP contribution in [0.25, 0.3) is 0 Å². The third kappa shape index (κ3) is 2.61. The first-order valence-corrected chi connectivity index (χ1v) is 6.86. The molecule has 3 rings (SSSR count). The van der Waals surface area contributed by atoms with Crippen LogP contribution in [0.5, 0.6) is 5.75 Å². The van der Waals surface area contributed by atoms with E-state index in [0.29, 0.717) is 5.69 Å². The summed E-state index contributed by atoms with van der Waals surface area (Å²) in [5.74, 6) is 0.320. The Bertz CT molecular complexity index is 663. The maximum atomic E-state index is 13.2. The van der Waals surface area contributed by atoms with Crippen LogP contribution in [-0.4, -0.2) is 13.0 Å². The highest BCUT2D eigenvalue weighted by Crippen LogP contribution is 2.49. The van der Waals surface area contributed by atoms with Crippen molar-refractivity contribution in [2.45, 2.75) is 18.3 Å². The minimum Gasteiger partial charge on any atom is -0.497 e. The highest BCUT2D eigenvalue weighted by Gasteiger charge is 2.51. The molecule has 0 atom stereocenters. The van der Waals surface area contributed by atoms with Crippen LogP contribution in [0.1, 0.15) is 18.4 Å². The number of anilines is 1. The lowest BCUT2D eigenvalue weighted by Gasteiger charge is -2.16. The van der Waals surface area contributed by atoms with E-state index in [4.69, 9.17) is 4.74 Å². The number of amides is 1. The van der Waals surface area contributed by atoms with Gasteiger partial charge in [0.2, 0.25) is 5.91 Å². The Hall–Kier alpha value is -2.36. The van der Waals surface area contributed by atoms with E-state index in [9.17, 15) is 9.18 Å². The number of methoxy groups -OCH3 is 1. The van der Waals surface area contributed by atoms with Gasteiger partial charge < -0.3 is 10.1 Å². The largest absolute Gasteiger partial charge is 0.497 e. The van der Waals surface area contributed by atoms with Gasteiger partial charge >= 0.3 is 0 Å². The van der Waals surface area contributed by atoms with Crippen LogP contribution >= 0.6 is 0 Å². The molecule has 0 radical (unpaired) electrons. The quantitative estimate of drug-likeness (QED) is 0.933. The zero-order chi connectivity index (χ0) is 14.9. The molecule has 0 bridgehead atoms. The fourth-order valence-electron chi connectivity index (χ4n) is 2.50. The molecule has 0 aliphatic heterocycles. The number of ether oxygens (including phenoxy) is 1. The molecular weight excluding hydrogens is 269 g/mol. The fourth-order valence-corrected chi connectivity index (χ4v) is 2.50. The van der Waals surface area contributed by atoms with Crippen LogP contribution in [0.2, 0.25) is 0 Å². The number of rotatable bonds is 4. The van der Waals surface area contributed by atoms with Crippen molar-refractivity contribution in [1.82, 2.24) is 0 Å². The van der Waals surface area contributed by atoms with Gasteiger partial charge in [0.25, 0.3) is 0 Å². The summed E-state index contributed by atoms with van der Waals surface area (Å²) in [7, 11) is 1.61. The van der Waals surface area contributed by atoms with Gasteiger partial charge in [-0.3, -0.25) is 4.79 Å². The second-order valence-corrected chi connectivity index (χ2v) is 5.28. The third-order valence-corrected chi connectivity index (χ3v) is 3.91. The molecule has 0 saturated heterocycles. The summed E-state index contributed by atoms with van der Waals surface area (Å²) < 4.78 is 18.3. The molecule has 1 N–H and O–H groups in total. The van der Waals surface area contributed by atoms with Gasteiger partial charge in [-0.1, -0.05) is 18.2 Å². The van der Waals surface area contributed by atoms with Crippen LogP contribution < -0.4 is 10.1 Å². The predicted molar refractivity (Wildman–Crippen MR) is 78.9 cm³/mol. The van der Waals surface area contributed by atoms with E-state index in [0.717, 1.165) is 24.2 Å². The molecule has 0 unspecified atom stereocenters. The van der Waals surface area contributed by atoms with Crippen LogP contribution in [0, 0.1) is 5.82 Å². The molecule has 1 saturated carbocycles. The van der Waals surface area contributed by atoms with Gasteiger partial charge in [0.05, 0.1) is 12.5 Å². The van der Waals surface area contributed by atoms with E-state index in [-0.39, 0.29) is 11.7 Å². The fraction of sp³-hybridized carbons (Fsp3) is 0.235. The Labute approximate surface area is 122 Å². The van der Waals surface area contributed by atoms with E-state index in [2.05, 4.69) is 5.32 Å². The van der Waals surface area contributed by atoms with Crippen LogP contribution in [0.4, 0.5) is 10.1 Å². The zero-order valence-electron chi connectivity index (χ0n) is 11.7. The number of nitrogens with one attached hydrogen (secondary N) is 1. The van der Waals surface area contributed by atoms with Crippen molar-refractivity contribution < 1.29 is 13.9 Å². The molecule has 1 amide bonds. The summed E-state index contributed by atoms with van der Waals surface area (Å²) in [6.07, 6.45) is 1.61. The van der Waals surface area contributed by atoms with Gasteiger partial charge in [-0.2, -0.15) is 0 Å². The Morgan fingerprint density at radius 3 is 2.48 bits per heavy atom. The first kappa shape index (κ1) is 13.6.